The number of fused-ring (bicyclic) bond motifs is 1. The van der Waals surface area contributed by atoms with Crippen LogP contribution in [-0.4, -0.2) is 57.6 Å². The van der Waals surface area contributed by atoms with Gasteiger partial charge in [-0.15, -0.1) is 15.3 Å². The Morgan fingerprint density at radius 2 is 1.72 bits per heavy atom. The Hall–Kier alpha value is -2.90. The van der Waals surface area contributed by atoms with Crippen LogP contribution in [0.25, 0.3) is 5.65 Å². The van der Waals surface area contributed by atoms with Crippen molar-refractivity contribution in [1.29, 1.82) is 0 Å². The highest BCUT2D eigenvalue weighted by atomic mass is 16.5. The van der Waals surface area contributed by atoms with Gasteiger partial charge in [-0.3, -0.25) is 0 Å². The summed E-state index contributed by atoms with van der Waals surface area (Å²) in [6.07, 6.45) is 0. The van der Waals surface area contributed by atoms with Crippen molar-refractivity contribution in [2.75, 3.05) is 42.6 Å². The molecule has 1 aliphatic rings. The predicted molar refractivity (Wildman–Crippen MR) is 95.4 cm³/mol. The molecular weight excluding hydrogens is 318 g/mol. The monoisotopic (exact) mass is 339 g/mol. The molecule has 4 rings (SSSR count). The number of aryl methyl sites for hydroxylation is 1. The topological polar surface area (TPSA) is 71.7 Å². The van der Waals surface area contributed by atoms with Crippen LogP contribution in [0.15, 0.2) is 30.3 Å². The highest BCUT2D eigenvalue weighted by Crippen LogP contribution is 2.20. The predicted octanol–water partition coefficient (Wildman–Crippen LogP) is 1.55. The molecule has 0 atom stereocenters. The Bertz CT molecular complexity index is 870. The van der Waals surface area contributed by atoms with Gasteiger partial charge in [0.1, 0.15) is 11.6 Å². The normalized spacial score (nSPS) is 15.0. The van der Waals surface area contributed by atoms with Crippen LogP contribution in [-0.2, 0) is 0 Å². The second-order valence-electron chi connectivity index (χ2n) is 5.95. The minimum Gasteiger partial charge on any atom is -0.478 e. The van der Waals surface area contributed by atoms with E-state index in [0.717, 1.165) is 49.3 Å². The van der Waals surface area contributed by atoms with Gasteiger partial charge in [-0.05, 0) is 32.0 Å². The number of anilines is 2. The summed E-state index contributed by atoms with van der Waals surface area (Å²) in [5.74, 6) is 3.39. The van der Waals surface area contributed by atoms with Crippen LogP contribution in [0.5, 0.6) is 5.88 Å². The van der Waals surface area contributed by atoms with Gasteiger partial charge in [0, 0.05) is 32.2 Å². The van der Waals surface area contributed by atoms with Crippen LogP contribution in [0.2, 0.25) is 0 Å². The summed E-state index contributed by atoms with van der Waals surface area (Å²) in [6.45, 7) is 8.06. The van der Waals surface area contributed by atoms with E-state index in [4.69, 9.17) is 4.74 Å². The van der Waals surface area contributed by atoms with E-state index in [9.17, 15) is 0 Å². The van der Waals surface area contributed by atoms with Crippen molar-refractivity contribution in [2.24, 2.45) is 0 Å². The number of nitrogens with zero attached hydrogens (tertiary/aromatic N) is 7. The molecule has 3 aromatic rings. The largest absolute Gasteiger partial charge is 0.478 e. The van der Waals surface area contributed by atoms with Crippen LogP contribution in [0.3, 0.4) is 0 Å². The fourth-order valence-corrected chi connectivity index (χ4v) is 3.03. The molecule has 1 fully saturated rings. The van der Waals surface area contributed by atoms with Crippen LogP contribution in [0.1, 0.15) is 12.7 Å². The van der Waals surface area contributed by atoms with Gasteiger partial charge < -0.3 is 14.5 Å². The first-order valence-corrected chi connectivity index (χ1v) is 8.53. The summed E-state index contributed by atoms with van der Waals surface area (Å²) in [5, 5.41) is 12.8. The smallest absolute Gasteiger partial charge is 0.215 e. The first kappa shape index (κ1) is 15.6. The van der Waals surface area contributed by atoms with E-state index in [0.29, 0.717) is 12.5 Å². The number of hydrogen-bond acceptors (Lipinski definition) is 7. The molecule has 0 saturated carbocycles. The van der Waals surface area contributed by atoms with Crippen LogP contribution in [0.4, 0.5) is 11.6 Å². The molecule has 3 aromatic heterocycles. The molecule has 0 radical (unpaired) electrons. The van der Waals surface area contributed by atoms with Crippen molar-refractivity contribution in [3.05, 3.63) is 36.2 Å². The molecule has 8 nitrogen and oxygen atoms in total. The fraction of sp³-hybridized carbons (Fsp3) is 0.412. The van der Waals surface area contributed by atoms with Gasteiger partial charge >= 0.3 is 0 Å². The van der Waals surface area contributed by atoms with Gasteiger partial charge in [0.2, 0.25) is 5.88 Å². The summed E-state index contributed by atoms with van der Waals surface area (Å²) in [4.78, 5) is 9.14. The summed E-state index contributed by atoms with van der Waals surface area (Å²) in [7, 11) is 0. The van der Waals surface area contributed by atoms with Crippen molar-refractivity contribution >= 4 is 17.3 Å². The van der Waals surface area contributed by atoms with Gasteiger partial charge in [0.05, 0.1) is 6.61 Å². The summed E-state index contributed by atoms with van der Waals surface area (Å²) >= 11 is 0. The van der Waals surface area contributed by atoms with Gasteiger partial charge in [0.15, 0.2) is 11.5 Å². The summed E-state index contributed by atoms with van der Waals surface area (Å²) in [6, 6.07) is 9.88. The van der Waals surface area contributed by atoms with E-state index in [-0.39, 0.29) is 0 Å². The zero-order chi connectivity index (χ0) is 17.2. The minimum atomic E-state index is 0.626. The third-order valence-corrected chi connectivity index (χ3v) is 4.33. The van der Waals surface area contributed by atoms with Gasteiger partial charge in [-0.1, -0.05) is 6.07 Å². The van der Waals surface area contributed by atoms with Crippen LogP contribution < -0.4 is 14.5 Å². The van der Waals surface area contributed by atoms with E-state index in [1.54, 1.807) is 4.52 Å². The molecule has 130 valence electrons. The van der Waals surface area contributed by atoms with E-state index >= 15 is 0 Å². The molecule has 0 amide bonds. The minimum absolute atomic E-state index is 0.626. The lowest BCUT2D eigenvalue weighted by Crippen LogP contribution is -2.47. The zero-order valence-corrected chi connectivity index (χ0v) is 14.5. The highest BCUT2D eigenvalue weighted by Gasteiger charge is 2.20. The van der Waals surface area contributed by atoms with Gasteiger partial charge in [0.25, 0.3) is 0 Å². The molecule has 0 aromatic carbocycles. The molecule has 25 heavy (non-hydrogen) atoms. The third-order valence-electron chi connectivity index (χ3n) is 4.33. The maximum absolute atomic E-state index is 5.50. The Labute approximate surface area is 146 Å². The lowest BCUT2D eigenvalue weighted by Gasteiger charge is -2.36. The average molecular weight is 339 g/mol. The number of ether oxygens (including phenoxy) is 1. The molecule has 0 bridgehead atoms. The molecule has 1 aliphatic heterocycles. The second-order valence-corrected chi connectivity index (χ2v) is 5.95. The van der Waals surface area contributed by atoms with E-state index in [2.05, 4.69) is 30.1 Å². The Morgan fingerprint density at radius 1 is 0.960 bits per heavy atom. The molecule has 0 aliphatic carbocycles. The molecule has 1 saturated heterocycles. The SMILES string of the molecule is CCOc1cccc(N2CCN(c3ccc4nnc(C)n4n3)CC2)n1. The lowest BCUT2D eigenvalue weighted by molar-refractivity contribution is 0.327. The van der Waals surface area contributed by atoms with E-state index in [1.807, 2.05) is 44.2 Å². The second kappa shape index (κ2) is 6.54. The standard InChI is InChI=1S/C17H21N7O/c1-3-25-17-6-4-5-14(18-17)22-9-11-23(12-10-22)16-8-7-15-20-19-13(2)24(15)21-16/h4-8H,3,9-12H2,1-2H3. The van der Waals surface area contributed by atoms with Crippen molar-refractivity contribution in [3.63, 3.8) is 0 Å². The Kier molecular flexibility index (Phi) is 4.09. The van der Waals surface area contributed by atoms with E-state index in [1.165, 1.54) is 0 Å². The van der Waals surface area contributed by atoms with Crippen molar-refractivity contribution < 1.29 is 4.74 Å². The quantitative estimate of drug-likeness (QED) is 0.714. The number of piperazine rings is 1. The van der Waals surface area contributed by atoms with Gasteiger partial charge in [-0.2, -0.15) is 9.50 Å². The Morgan fingerprint density at radius 3 is 2.48 bits per heavy atom. The highest BCUT2D eigenvalue weighted by molar-refractivity contribution is 5.48. The maximum Gasteiger partial charge on any atom is 0.215 e. The van der Waals surface area contributed by atoms with Crippen molar-refractivity contribution in [3.8, 4) is 5.88 Å². The molecule has 0 N–H and O–H groups in total. The van der Waals surface area contributed by atoms with Gasteiger partial charge in [-0.25, -0.2) is 0 Å². The zero-order valence-electron chi connectivity index (χ0n) is 14.5. The molecular formula is C17H21N7O. The molecule has 8 heteroatoms. The fourth-order valence-electron chi connectivity index (χ4n) is 3.03. The van der Waals surface area contributed by atoms with Crippen LogP contribution >= 0.6 is 0 Å². The van der Waals surface area contributed by atoms with Crippen molar-refractivity contribution in [1.82, 2.24) is 24.8 Å². The number of rotatable bonds is 4. The first-order valence-electron chi connectivity index (χ1n) is 8.53. The molecule has 4 heterocycles. The summed E-state index contributed by atoms with van der Waals surface area (Å²) in [5.41, 5.74) is 0.775. The maximum atomic E-state index is 5.50. The number of pyridine rings is 1. The van der Waals surface area contributed by atoms with Crippen molar-refractivity contribution in [2.45, 2.75) is 13.8 Å². The third kappa shape index (κ3) is 3.07. The number of hydrogen-bond donors (Lipinski definition) is 0. The average Bonchev–Trinajstić information content (AvgIpc) is 3.03. The van der Waals surface area contributed by atoms with Crippen LogP contribution in [0, 0.1) is 6.92 Å². The number of aromatic nitrogens is 5. The first-order chi connectivity index (χ1) is 12.2. The van der Waals surface area contributed by atoms with E-state index < -0.39 is 0 Å². The Balaban J connectivity index is 1.47. The summed E-state index contributed by atoms with van der Waals surface area (Å²) < 4.78 is 7.29. The molecule has 0 unspecified atom stereocenters. The lowest BCUT2D eigenvalue weighted by atomic mass is 10.3. The molecule has 0 spiro atoms.